The molecule has 0 aliphatic heterocycles. The lowest BCUT2D eigenvalue weighted by atomic mass is 10.2. The molecule has 24 heavy (non-hydrogen) atoms. The van der Waals surface area contributed by atoms with Gasteiger partial charge in [0.1, 0.15) is 18.2 Å². The molecular weight excluding hydrogens is 340 g/mol. The van der Waals surface area contributed by atoms with E-state index in [4.69, 9.17) is 9.47 Å². The SMILES string of the molecule is COc1ccc(S(=O)(=O)NCCOc2ccc(F)cc2F)c(C)c1. The Labute approximate surface area is 139 Å². The van der Waals surface area contributed by atoms with Crippen molar-refractivity contribution in [1.82, 2.24) is 4.72 Å². The summed E-state index contributed by atoms with van der Waals surface area (Å²) in [6.45, 7) is 1.49. The van der Waals surface area contributed by atoms with E-state index in [1.54, 1.807) is 19.1 Å². The summed E-state index contributed by atoms with van der Waals surface area (Å²) in [5.41, 5.74) is 0.535. The van der Waals surface area contributed by atoms with Gasteiger partial charge in [0.25, 0.3) is 0 Å². The molecule has 2 aromatic carbocycles. The topological polar surface area (TPSA) is 64.6 Å². The maximum absolute atomic E-state index is 13.4. The molecule has 1 N–H and O–H groups in total. The summed E-state index contributed by atoms with van der Waals surface area (Å²) in [6.07, 6.45) is 0. The van der Waals surface area contributed by atoms with Gasteiger partial charge in [-0.15, -0.1) is 0 Å². The highest BCUT2D eigenvalue weighted by Gasteiger charge is 2.17. The Balaban J connectivity index is 1.95. The predicted octanol–water partition coefficient (Wildman–Crippen LogP) is 2.64. The van der Waals surface area contributed by atoms with Gasteiger partial charge in [-0.1, -0.05) is 0 Å². The Morgan fingerprint density at radius 3 is 2.50 bits per heavy atom. The van der Waals surface area contributed by atoms with Crippen molar-refractivity contribution in [2.75, 3.05) is 20.3 Å². The van der Waals surface area contributed by atoms with Crippen LogP contribution in [-0.2, 0) is 10.0 Å². The van der Waals surface area contributed by atoms with E-state index < -0.39 is 21.7 Å². The molecule has 2 aromatic rings. The molecule has 0 spiro atoms. The Morgan fingerprint density at radius 2 is 1.88 bits per heavy atom. The molecule has 8 heteroatoms. The molecule has 2 rings (SSSR count). The van der Waals surface area contributed by atoms with E-state index >= 15 is 0 Å². The Bertz CT molecular complexity index is 825. The van der Waals surface area contributed by atoms with E-state index in [1.807, 2.05) is 0 Å². The number of hydrogen-bond acceptors (Lipinski definition) is 4. The smallest absolute Gasteiger partial charge is 0.240 e. The van der Waals surface area contributed by atoms with Crippen LogP contribution in [0.2, 0.25) is 0 Å². The summed E-state index contributed by atoms with van der Waals surface area (Å²) in [5, 5.41) is 0. The quantitative estimate of drug-likeness (QED) is 0.774. The molecule has 0 aromatic heterocycles. The molecule has 0 fully saturated rings. The maximum atomic E-state index is 13.4. The second kappa shape index (κ2) is 7.59. The normalized spacial score (nSPS) is 11.3. The zero-order valence-corrected chi connectivity index (χ0v) is 14.0. The van der Waals surface area contributed by atoms with Gasteiger partial charge in [-0.3, -0.25) is 0 Å². The van der Waals surface area contributed by atoms with Gasteiger partial charge in [0, 0.05) is 12.6 Å². The van der Waals surface area contributed by atoms with Gasteiger partial charge >= 0.3 is 0 Å². The summed E-state index contributed by atoms with van der Waals surface area (Å²) in [6, 6.07) is 7.50. The van der Waals surface area contributed by atoms with E-state index in [0.29, 0.717) is 17.4 Å². The lowest BCUT2D eigenvalue weighted by Crippen LogP contribution is -2.28. The average Bonchev–Trinajstić information content (AvgIpc) is 2.52. The fourth-order valence-electron chi connectivity index (χ4n) is 2.06. The molecule has 0 heterocycles. The standard InChI is InChI=1S/C16H17F2NO4S/c1-11-9-13(22-2)4-6-16(11)24(20,21)19-7-8-23-15-5-3-12(17)10-14(15)18/h3-6,9-10,19H,7-8H2,1-2H3. The van der Waals surface area contributed by atoms with Crippen LogP contribution in [0.1, 0.15) is 5.56 Å². The van der Waals surface area contributed by atoms with Crippen LogP contribution in [0.4, 0.5) is 8.78 Å². The van der Waals surface area contributed by atoms with Crippen LogP contribution in [0.3, 0.4) is 0 Å². The lowest BCUT2D eigenvalue weighted by Gasteiger charge is -2.11. The van der Waals surface area contributed by atoms with Gasteiger partial charge in [0.05, 0.1) is 12.0 Å². The summed E-state index contributed by atoms with van der Waals surface area (Å²) >= 11 is 0. The first-order valence-electron chi connectivity index (χ1n) is 7.05. The third-order valence-corrected chi connectivity index (χ3v) is 4.84. The predicted molar refractivity (Wildman–Crippen MR) is 84.8 cm³/mol. The van der Waals surface area contributed by atoms with Crippen LogP contribution in [0.25, 0.3) is 0 Å². The second-order valence-corrected chi connectivity index (χ2v) is 6.69. The fraction of sp³-hybridized carbons (Fsp3) is 0.250. The Hall–Kier alpha value is -2.19. The third-order valence-electron chi connectivity index (χ3n) is 3.22. The largest absolute Gasteiger partial charge is 0.497 e. The van der Waals surface area contributed by atoms with Gasteiger partial charge in [0.2, 0.25) is 10.0 Å². The monoisotopic (exact) mass is 357 g/mol. The van der Waals surface area contributed by atoms with E-state index in [-0.39, 0.29) is 23.8 Å². The Morgan fingerprint density at radius 1 is 1.12 bits per heavy atom. The molecule has 0 aliphatic carbocycles. The molecule has 0 saturated carbocycles. The van der Waals surface area contributed by atoms with Gasteiger partial charge in [-0.2, -0.15) is 0 Å². The number of aryl methyl sites for hydroxylation is 1. The van der Waals surface area contributed by atoms with E-state index in [2.05, 4.69) is 4.72 Å². The number of benzene rings is 2. The van der Waals surface area contributed by atoms with Crippen molar-refractivity contribution >= 4 is 10.0 Å². The zero-order valence-electron chi connectivity index (χ0n) is 13.2. The molecule has 0 saturated heterocycles. The molecule has 130 valence electrons. The highest BCUT2D eigenvalue weighted by Crippen LogP contribution is 2.21. The third kappa shape index (κ3) is 4.42. The van der Waals surface area contributed by atoms with E-state index in [0.717, 1.165) is 12.1 Å². The molecular formula is C16H17F2NO4S. The Kier molecular flexibility index (Phi) is 5.74. The molecule has 0 radical (unpaired) electrons. The van der Waals surface area contributed by atoms with Crippen LogP contribution in [0.5, 0.6) is 11.5 Å². The van der Waals surface area contributed by atoms with Crippen LogP contribution in [0.15, 0.2) is 41.3 Å². The highest BCUT2D eigenvalue weighted by atomic mass is 32.2. The second-order valence-electron chi connectivity index (χ2n) is 4.95. The number of sulfonamides is 1. The average molecular weight is 357 g/mol. The van der Waals surface area contributed by atoms with E-state index in [9.17, 15) is 17.2 Å². The van der Waals surface area contributed by atoms with Crippen molar-refractivity contribution in [2.45, 2.75) is 11.8 Å². The van der Waals surface area contributed by atoms with Gasteiger partial charge in [0.15, 0.2) is 11.6 Å². The maximum Gasteiger partial charge on any atom is 0.240 e. The summed E-state index contributed by atoms with van der Waals surface area (Å²) in [4.78, 5) is 0.122. The molecule has 0 atom stereocenters. The molecule has 5 nitrogen and oxygen atoms in total. The zero-order chi connectivity index (χ0) is 17.7. The molecule has 0 amide bonds. The van der Waals surface area contributed by atoms with Crippen LogP contribution >= 0.6 is 0 Å². The van der Waals surface area contributed by atoms with Crippen LogP contribution in [-0.4, -0.2) is 28.7 Å². The van der Waals surface area contributed by atoms with Gasteiger partial charge < -0.3 is 9.47 Å². The van der Waals surface area contributed by atoms with Crippen molar-refractivity contribution in [3.63, 3.8) is 0 Å². The summed E-state index contributed by atoms with van der Waals surface area (Å²) in [5.74, 6) is -1.14. The van der Waals surface area contributed by atoms with Crippen molar-refractivity contribution in [2.24, 2.45) is 0 Å². The van der Waals surface area contributed by atoms with Gasteiger partial charge in [-0.05, 0) is 42.8 Å². The molecule has 0 aliphatic rings. The van der Waals surface area contributed by atoms with Crippen molar-refractivity contribution in [1.29, 1.82) is 0 Å². The van der Waals surface area contributed by atoms with Crippen molar-refractivity contribution in [3.8, 4) is 11.5 Å². The van der Waals surface area contributed by atoms with Gasteiger partial charge in [-0.25, -0.2) is 21.9 Å². The number of hydrogen-bond donors (Lipinski definition) is 1. The minimum absolute atomic E-state index is 0.0649. The fourth-order valence-corrected chi connectivity index (χ4v) is 3.29. The lowest BCUT2D eigenvalue weighted by molar-refractivity contribution is 0.305. The summed E-state index contributed by atoms with van der Waals surface area (Å²) < 4.78 is 63.1. The first kappa shape index (κ1) is 18.2. The highest BCUT2D eigenvalue weighted by molar-refractivity contribution is 7.89. The minimum atomic E-state index is -3.73. The van der Waals surface area contributed by atoms with Crippen molar-refractivity contribution < 1.29 is 26.7 Å². The summed E-state index contributed by atoms with van der Waals surface area (Å²) in [7, 11) is -2.23. The molecule has 0 unspecified atom stereocenters. The van der Waals surface area contributed by atoms with E-state index in [1.165, 1.54) is 13.2 Å². The van der Waals surface area contributed by atoms with Crippen molar-refractivity contribution in [3.05, 3.63) is 53.6 Å². The number of nitrogens with one attached hydrogen (secondary N) is 1. The number of ether oxygens (including phenoxy) is 2. The molecule has 0 bridgehead atoms. The first-order chi connectivity index (χ1) is 11.3. The minimum Gasteiger partial charge on any atom is -0.497 e. The number of rotatable bonds is 7. The van der Waals surface area contributed by atoms with Crippen LogP contribution < -0.4 is 14.2 Å². The first-order valence-corrected chi connectivity index (χ1v) is 8.54. The number of methoxy groups -OCH3 is 1. The van der Waals surface area contributed by atoms with Crippen LogP contribution in [0, 0.1) is 18.6 Å². The number of halogens is 2.